The zero-order valence-corrected chi connectivity index (χ0v) is 10.7. The minimum absolute atomic E-state index is 0.100. The molecule has 0 aliphatic rings. The molecule has 0 unspecified atom stereocenters. The van der Waals surface area contributed by atoms with Gasteiger partial charge in [-0.05, 0) is 6.07 Å². The Labute approximate surface area is 109 Å². The van der Waals surface area contributed by atoms with Crippen molar-refractivity contribution in [2.24, 2.45) is 5.41 Å². The monoisotopic (exact) mass is 274 g/mol. The summed E-state index contributed by atoms with van der Waals surface area (Å²) in [6.45, 7) is 3.72. The Morgan fingerprint density at radius 3 is 2.58 bits per heavy atom. The van der Waals surface area contributed by atoms with Gasteiger partial charge in [0.25, 0.3) is 12.1 Å². The topological polar surface area (TPSA) is 75.4 Å². The summed E-state index contributed by atoms with van der Waals surface area (Å²) in [5, 5.41) is 22.4. The van der Waals surface area contributed by atoms with Crippen LogP contribution in [0.15, 0.2) is 18.2 Å². The molecule has 0 atom stereocenters. The Bertz CT molecular complexity index is 464. The molecule has 0 aromatic heterocycles. The molecule has 5 nitrogen and oxygen atoms in total. The predicted octanol–water partition coefficient (Wildman–Crippen LogP) is 2.96. The van der Waals surface area contributed by atoms with E-state index in [1.165, 1.54) is 12.1 Å². The average molecular weight is 274 g/mol. The molecule has 106 valence electrons. The van der Waals surface area contributed by atoms with Gasteiger partial charge in [0.05, 0.1) is 4.92 Å². The van der Waals surface area contributed by atoms with E-state index in [0.29, 0.717) is 0 Å². The maximum atomic E-state index is 12.9. The lowest BCUT2D eigenvalue weighted by atomic mass is 9.94. The third kappa shape index (κ3) is 4.13. The maximum absolute atomic E-state index is 12.9. The third-order valence-corrected chi connectivity index (χ3v) is 2.67. The van der Waals surface area contributed by atoms with E-state index in [1.807, 2.05) is 0 Å². The van der Waals surface area contributed by atoms with Crippen molar-refractivity contribution in [2.45, 2.75) is 20.3 Å². The molecule has 0 heterocycles. The second-order valence-corrected chi connectivity index (χ2v) is 5.01. The second kappa shape index (κ2) is 5.92. The number of alkyl halides is 2. The van der Waals surface area contributed by atoms with Crippen molar-refractivity contribution in [1.82, 2.24) is 0 Å². The number of benzene rings is 1. The summed E-state index contributed by atoms with van der Waals surface area (Å²) < 4.78 is 25.7. The van der Waals surface area contributed by atoms with Gasteiger partial charge in [-0.3, -0.25) is 10.1 Å². The fraction of sp³-hybridized carbons (Fsp3) is 0.500. The lowest BCUT2D eigenvalue weighted by molar-refractivity contribution is -0.385. The molecule has 0 radical (unpaired) electrons. The molecule has 7 heteroatoms. The molecule has 2 N–H and O–H groups in total. The van der Waals surface area contributed by atoms with E-state index in [-0.39, 0.29) is 24.5 Å². The van der Waals surface area contributed by atoms with Crippen LogP contribution in [0.5, 0.6) is 0 Å². The van der Waals surface area contributed by atoms with Crippen molar-refractivity contribution in [1.29, 1.82) is 0 Å². The van der Waals surface area contributed by atoms with Crippen LogP contribution < -0.4 is 5.32 Å². The van der Waals surface area contributed by atoms with Gasteiger partial charge in [0.1, 0.15) is 0 Å². The molecule has 19 heavy (non-hydrogen) atoms. The Morgan fingerprint density at radius 2 is 2.11 bits per heavy atom. The summed E-state index contributed by atoms with van der Waals surface area (Å²) in [6, 6.07) is 3.28. The first-order valence-electron chi connectivity index (χ1n) is 5.68. The standard InChI is InChI=1S/C12H16F2N2O3/c1-12(2,7-17)6-15-10-4-3-8(16(18)19)5-9(10)11(13)14/h3-5,11,15,17H,6-7H2,1-2H3. The highest BCUT2D eigenvalue weighted by Crippen LogP contribution is 2.31. The highest BCUT2D eigenvalue weighted by Gasteiger charge is 2.21. The van der Waals surface area contributed by atoms with Crippen LogP contribution in [0.2, 0.25) is 0 Å². The highest BCUT2D eigenvalue weighted by molar-refractivity contribution is 5.56. The van der Waals surface area contributed by atoms with Crippen LogP contribution in [0.25, 0.3) is 0 Å². The van der Waals surface area contributed by atoms with Crippen LogP contribution in [0, 0.1) is 15.5 Å². The summed E-state index contributed by atoms with van der Waals surface area (Å²) in [5.74, 6) is 0. The third-order valence-electron chi connectivity index (χ3n) is 2.67. The van der Waals surface area contributed by atoms with Crippen LogP contribution in [0.4, 0.5) is 20.2 Å². The first-order chi connectivity index (χ1) is 8.76. The summed E-state index contributed by atoms with van der Waals surface area (Å²) in [6.07, 6.45) is -2.81. The molecule has 0 fully saturated rings. The predicted molar refractivity (Wildman–Crippen MR) is 67.4 cm³/mol. The number of nitro benzene ring substituents is 1. The molecule has 0 aliphatic carbocycles. The van der Waals surface area contributed by atoms with Gasteiger partial charge in [0.2, 0.25) is 0 Å². The van der Waals surface area contributed by atoms with Gasteiger partial charge in [0, 0.05) is 42.0 Å². The normalized spacial score (nSPS) is 11.7. The molecule has 1 rings (SSSR count). The van der Waals surface area contributed by atoms with Crippen LogP contribution in [0.1, 0.15) is 25.8 Å². The van der Waals surface area contributed by atoms with Crippen LogP contribution in [-0.4, -0.2) is 23.2 Å². The van der Waals surface area contributed by atoms with E-state index in [2.05, 4.69) is 5.32 Å². The molecule has 0 amide bonds. The van der Waals surface area contributed by atoms with Crippen molar-refractivity contribution in [3.63, 3.8) is 0 Å². The summed E-state index contributed by atoms with van der Waals surface area (Å²) >= 11 is 0. The number of aliphatic hydroxyl groups excluding tert-OH is 1. The summed E-state index contributed by atoms with van der Waals surface area (Å²) in [4.78, 5) is 9.84. The van der Waals surface area contributed by atoms with Crippen molar-refractivity contribution < 1.29 is 18.8 Å². The Balaban J connectivity index is 2.97. The summed E-state index contributed by atoms with van der Waals surface area (Å²) in [7, 11) is 0. The van der Waals surface area contributed by atoms with E-state index < -0.39 is 22.3 Å². The van der Waals surface area contributed by atoms with E-state index in [9.17, 15) is 18.9 Å². The fourth-order valence-corrected chi connectivity index (χ4v) is 1.40. The lowest BCUT2D eigenvalue weighted by Crippen LogP contribution is -2.27. The van der Waals surface area contributed by atoms with Gasteiger partial charge in [0.15, 0.2) is 0 Å². The highest BCUT2D eigenvalue weighted by atomic mass is 19.3. The quantitative estimate of drug-likeness (QED) is 0.617. The second-order valence-electron chi connectivity index (χ2n) is 5.01. The zero-order chi connectivity index (χ0) is 14.6. The Morgan fingerprint density at radius 1 is 1.47 bits per heavy atom. The van der Waals surface area contributed by atoms with Gasteiger partial charge in [-0.15, -0.1) is 0 Å². The van der Waals surface area contributed by atoms with Gasteiger partial charge in [-0.25, -0.2) is 8.78 Å². The van der Waals surface area contributed by atoms with Crippen molar-refractivity contribution in [3.8, 4) is 0 Å². The number of hydrogen-bond donors (Lipinski definition) is 2. The number of nitro groups is 1. The molecule has 1 aromatic carbocycles. The first kappa shape index (κ1) is 15.3. The smallest absolute Gasteiger partial charge is 0.270 e. The fourth-order valence-electron chi connectivity index (χ4n) is 1.40. The number of aliphatic hydroxyl groups is 1. The molecule has 1 aromatic rings. The number of halogens is 2. The average Bonchev–Trinajstić information content (AvgIpc) is 2.36. The van der Waals surface area contributed by atoms with Gasteiger partial charge in [-0.2, -0.15) is 0 Å². The van der Waals surface area contributed by atoms with Crippen LogP contribution in [-0.2, 0) is 0 Å². The Hall–Kier alpha value is -1.76. The largest absolute Gasteiger partial charge is 0.396 e. The number of rotatable bonds is 6. The van der Waals surface area contributed by atoms with E-state index in [1.54, 1.807) is 13.8 Å². The molecular weight excluding hydrogens is 258 g/mol. The van der Waals surface area contributed by atoms with E-state index in [0.717, 1.165) is 6.07 Å². The van der Waals surface area contributed by atoms with Gasteiger partial charge < -0.3 is 10.4 Å². The van der Waals surface area contributed by atoms with Crippen molar-refractivity contribution >= 4 is 11.4 Å². The number of non-ortho nitro benzene ring substituents is 1. The van der Waals surface area contributed by atoms with Crippen molar-refractivity contribution in [2.75, 3.05) is 18.5 Å². The SMILES string of the molecule is CC(C)(CO)CNc1ccc([N+](=O)[O-])cc1C(F)F. The molecule has 0 saturated carbocycles. The number of hydrogen-bond acceptors (Lipinski definition) is 4. The summed E-state index contributed by atoms with van der Waals surface area (Å²) in [5.41, 5.74) is -1.12. The number of nitrogens with zero attached hydrogens (tertiary/aromatic N) is 1. The van der Waals surface area contributed by atoms with Crippen LogP contribution >= 0.6 is 0 Å². The minimum Gasteiger partial charge on any atom is -0.396 e. The number of anilines is 1. The van der Waals surface area contributed by atoms with Crippen LogP contribution in [0.3, 0.4) is 0 Å². The molecule has 0 bridgehead atoms. The minimum atomic E-state index is -2.81. The maximum Gasteiger partial charge on any atom is 0.270 e. The molecular formula is C12H16F2N2O3. The lowest BCUT2D eigenvalue weighted by Gasteiger charge is -2.23. The molecule has 0 spiro atoms. The number of nitrogens with one attached hydrogen (secondary N) is 1. The first-order valence-corrected chi connectivity index (χ1v) is 5.68. The van der Waals surface area contributed by atoms with E-state index >= 15 is 0 Å². The van der Waals surface area contributed by atoms with Crippen molar-refractivity contribution in [3.05, 3.63) is 33.9 Å². The molecule has 0 aliphatic heterocycles. The van der Waals surface area contributed by atoms with Gasteiger partial charge in [-0.1, -0.05) is 13.8 Å². The Kier molecular flexibility index (Phi) is 4.77. The van der Waals surface area contributed by atoms with Gasteiger partial charge >= 0.3 is 0 Å². The zero-order valence-electron chi connectivity index (χ0n) is 10.7. The van der Waals surface area contributed by atoms with E-state index in [4.69, 9.17) is 5.11 Å². The molecule has 0 saturated heterocycles.